The van der Waals surface area contributed by atoms with Crippen LogP contribution in [0.2, 0.25) is 0 Å². The molecule has 0 spiro atoms. The van der Waals surface area contributed by atoms with Gasteiger partial charge in [0.1, 0.15) is 5.75 Å². The van der Waals surface area contributed by atoms with Crippen molar-refractivity contribution in [1.29, 1.82) is 0 Å². The number of rotatable bonds is 8. The van der Waals surface area contributed by atoms with Crippen molar-refractivity contribution >= 4 is 5.69 Å². The lowest BCUT2D eigenvalue weighted by molar-refractivity contribution is 0.0631. The predicted molar refractivity (Wildman–Crippen MR) is 75.3 cm³/mol. The number of anilines is 1. The monoisotopic (exact) mass is 252 g/mol. The number of ether oxygens (including phenoxy) is 2. The Kier molecular flexibility index (Phi) is 6.54. The summed E-state index contributed by atoms with van der Waals surface area (Å²) in [6, 6.07) is 8.05. The molecule has 1 aromatic carbocycles. The molecule has 1 unspecified atom stereocenters. The van der Waals surface area contributed by atoms with Crippen molar-refractivity contribution in [2.24, 2.45) is 5.73 Å². The van der Waals surface area contributed by atoms with Crippen LogP contribution in [0.1, 0.15) is 13.3 Å². The largest absolute Gasteiger partial charge is 0.493 e. The van der Waals surface area contributed by atoms with Gasteiger partial charge in [0, 0.05) is 38.8 Å². The Hall–Kier alpha value is -1.26. The van der Waals surface area contributed by atoms with E-state index in [-0.39, 0.29) is 6.10 Å². The van der Waals surface area contributed by atoms with Crippen LogP contribution in [-0.4, -0.2) is 40.0 Å². The summed E-state index contributed by atoms with van der Waals surface area (Å²) < 4.78 is 11.2. The van der Waals surface area contributed by atoms with E-state index in [0.717, 1.165) is 17.9 Å². The second-order valence-electron chi connectivity index (χ2n) is 4.51. The molecule has 0 aliphatic heterocycles. The van der Waals surface area contributed by atoms with E-state index in [1.165, 1.54) is 0 Å². The molecule has 4 heteroatoms. The van der Waals surface area contributed by atoms with Crippen molar-refractivity contribution < 1.29 is 9.47 Å². The van der Waals surface area contributed by atoms with Gasteiger partial charge in [0.05, 0.1) is 19.3 Å². The summed E-state index contributed by atoms with van der Waals surface area (Å²) in [5, 5.41) is 0. The Labute approximate surface area is 110 Å². The van der Waals surface area contributed by atoms with Crippen LogP contribution in [0.5, 0.6) is 5.75 Å². The number of hydrogen-bond donors (Lipinski definition) is 1. The number of nitrogens with two attached hydrogens (primary N) is 1. The van der Waals surface area contributed by atoms with E-state index in [0.29, 0.717) is 19.8 Å². The van der Waals surface area contributed by atoms with Gasteiger partial charge in [0.25, 0.3) is 0 Å². The molecule has 1 rings (SSSR count). The first-order valence-corrected chi connectivity index (χ1v) is 6.35. The van der Waals surface area contributed by atoms with Crippen molar-refractivity contribution in [1.82, 2.24) is 0 Å². The minimum atomic E-state index is 0.127. The maximum absolute atomic E-state index is 5.67. The van der Waals surface area contributed by atoms with E-state index < -0.39 is 0 Å². The highest BCUT2D eigenvalue weighted by Gasteiger charge is 2.00. The molecule has 0 radical (unpaired) electrons. The summed E-state index contributed by atoms with van der Waals surface area (Å²) in [4.78, 5) is 2.05. The van der Waals surface area contributed by atoms with Gasteiger partial charge < -0.3 is 20.1 Å². The molecule has 0 aromatic heterocycles. The normalized spacial score (nSPS) is 12.2. The molecule has 0 saturated heterocycles. The van der Waals surface area contributed by atoms with E-state index in [9.17, 15) is 0 Å². The Morgan fingerprint density at radius 1 is 1.28 bits per heavy atom. The van der Waals surface area contributed by atoms with Gasteiger partial charge >= 0.3 is 0 Å². The number of nitrogens with zero attached hydrogens (tertiary/aromatic N) is 1. The SMILES string of the molecule is CC(CN)OCCCOc1cccc(N(C)C)c1. The second kappa shape index (κ2) is 7.95. The third-order valence-electron chi connectivity index (χ3n) is 2.63. The van der Waals surface area contributed by atoms with Gasteiger partial charge in [-0.25, -0.2) is 0 Å². The molecule has 0 bridgehead atoms. The van der Waals surface area contributed by atoms with E-state index in [4.69, 9.17) is 15.2 Å². The fourth-order valence-electron chi connectivity index (χ4n) is 1.45. The molecular formula is C14H24N2O2. The summed E-state index contributed by atoms with van der Waals surface area (Å²) in [6.07, 6.45) is 0.998. The minimum Gasteiger partial charge on any atom is -0.493 e. The van der Waals surface area contributed by atoms with Gasteiger partial charge in [-0.1, -0.05) is 6.07 Å². The van der Waals surface area contributed by atoms with Crippen LogP contribution in [0.4, 0.5) is 5.69 Å². The van der Waals surface area contributed by atoms with Gasteiger partial charge in [0.2, 0.25) is 0 Å². The third-order valence-corrected chi connectivity index (χ3v) is 2.63. The average Bonchev–Trinajstić information content (AvgIpc) is 2.38. The second-order valence-corrected chi connectivity index (χ2v) is 4.51. The van der Waals surface area contributed by atoms with Gasteiger partial charge in [0.15, 0.2) is 0 Å². The van der Waals surface area contributed by atoms with Crippen molar-refractivity contribution in [3.05, 3.63) is 24.3 Å². The van der Waals surface area contributed by atoms with Crippen LogP contribution < -0.4 is 15.4 Å². The molecule has 0 aliphatic rings. The van der Waals surface area contributed by atoms with Gasteiger partial charge in [-0.15, -0.1) is 0 Å². The molecule has 1 atom stereocenters. The van der Waals surface area contributed by atoms with Crippen molar-refractivity contribution in [2.45, 2.75) is 19.4 Å². The van der Waals surface area contributed by atoms with E-state index >= 15 is 0 Å². The zero-order valence-corrected chi connectivity index (χ0v) is 11.6. The highest BCUT2D eigenvalue weighted by molar-refractivity contribution is 5.49. The molecule has 4 nitrogen and oxygen atoms in total. The van der Waals surface area contributed by atoms with Crippen LogP contribution in [0, 0.1) is 0 Å². The van der Waals surface area contributed by atoms with Crippen LogP contribution >= 0.6 is 0 Å². The Morgan fingerprint density at radius 2 is 2.06 bits per heavy atom. The molecular weight excluding hydrogens is 228 g/mol. The Bertz CT molecular complexity index is 342. The smallest absolute Gasteiger partial charge is 0.121 e. The fourth-order valence-corrected chi connectivity index (χ4v) is 1.45. The Morgan fingerprint density at radius 3 is 2.72 bits per heavy atom. The standard InChI is InChI=1S/C14H24N2O2/c1-12(11-15)17-8-5-9-18-14-7-4-6-13(10-14)16(2)3/h4,6-7,10,12H,5,8-9,11,15H2,1-3H3. The summed E-state index contributed by atoms with van der Waals surface area (Å²) in [5.41, 5.74) is 6.60. The van der Waals surface area contributed by atoms with E-state index in [1.807, 2.05) is 39.2 Å². The highest BCUT2D eigenvalue weighted by Crippen LogP contribution is 2.19. The molecule has 0 saturated carbocycles. The lowest BCUT2D eigenvalue weighted by Crippen LogP contribution is -2.21. The zero-order valence-electron chi connectivity index (χ0n) is 11.6. The minimum absolute atomic E-state index is 0.127. The molecule has 0 heterocycles. The molecule has 102 valence electrons. The van der Waals surface area contributed by atoms with Crippen LogP contribution in [-0.2, 0) is 4.74 Å². The summed E-state index contributed by atoms with van der Waals surface area (Å²) in [6.45, 7) is 3.88. The number of benzene rings is 1. The van der Waals surface area contributed by atoms with Crippen molar-refractivity contribution in [2.75, 3.05) is 38.8 Å². The molecule has 1 aromatic rings. The number of hydrogen-bond acceptors (Lipinski definition) is 4. The lowest BCUT2D eigenvalue weighted by atomic mass is 10.3. The van der Waals surface area contributed by atoms with Crippen LogP contribution in [0.3, 0.4) is 0 Å². The van der Waals surface area contributed by atoms with Crippen LogP contribution in [0.15, 0.2) is 24.3 Å². The lowest BCUT2D eigenvalue weighted by Gasteiger charge is -2.14. The first-order valence-electron chi connectivity index (χ1n) is 6.35. The molecule has 2 N–H and O–H groups in total. The molecule has 0 amide bonds. The molecule has 0 aliphatic carbocycles. The van der Waals surface area contributed by atoms with Crippen molar-refractivity contribution in [3.63, 3.8) is 0 Å². The molecule has 0 fully saturated rings. The first-order chi connectivity index (χ1) is 8.63. The summed E-state index contributed by atoms with van der Waals surface area (Å²) >= 11 is 0. The topological polar surface area (TPSA) is 47.7 Å². The van der Waals surface area contributed by atoms with E-state index in [2.05, 4.69) is 11.0 Å². The van der Waals surface area contributed by atoms with Gasteiger partial charge in [-0.3, -0.25) is 0 Å². The third kappa shape index (κ3) is 5.38. The zero-order chi connectivity index (χ0) is 13.4. The molecule has 18 heavy (non-hydrogen) atoms. The van der Waals surface area contributed by atoms with Gasteiger partial charge in [-0.05, 0) is 19.1 Å². The quantitative estimate of drug-likeness (QED) is 0.718. The first kappa shape index (κ1) is 14.8. The average molecular weight is 252 g/mol. The van der Waals surface area contributed by atoms with E-state index in [1.54, 1.807) is 0 Å². The maximum atomic E-state index is 5.67. The van der Waals surface area contributed by atoms with Gasteiger partial charge in [-0.2, -0.15) is 0 Å². The van der Waals surface area contributed by atoms with Crippen molar-refractivity contribution in [3.8, 4) is 5.75 Å². The highest BCUT2D eigenvalue weighted by atomic mass is 16.5. The fraction of sp³-hybridized carbons (Fsp3) is 0.571. The maximum Gasteiger partial charge on any atom is 0.121 e. The Balaban J connectivity index is 2.25. The van der Waals surface area contributed by atoms with Crippen LogP contribution in [0.25, 0.3) is 0 Å². The summed E-state index contributed by atoms with van der Waals surface area (Å²) in [7, 11) is 4.03. The predicted octanol–water partition coefficient (Wildman–Crippen LogP) is 1.89. The summed E-state index contributed by atoms with van der Waals surface area (Å²) in [5.74, 6) is 0.896.